The van der Waals surface area contributed by atoms with Crippen molar-refractivity contribution >= 4 is 27.0 Å². The van der Waals surface area contributed by atoms with Crippen molar-refractivity contribution in [3.8, 4) is 0 Å². The fraction of sp³-hybridized carbons (Fsp3) is 0.500. The molecule has 7 heteroatoms. The maximum absolute atomic E-state index is 11.3. The van der Waals surface area contributed by atoms with Crippen LogP contribution in [-0.4, -0.2) is 34.5 Å². The van der Waals surface area contributed by atoms with E-state index in [2.05, 4.69) is 4.98 Å². The Morgan fingerprint density at radius 2 is 2.33 bits per heavy atom. The molecule has 0 aliphatic heterocycles. The molecule has 0 aliphatic rings. The van der Waals surface area contributed by atoms with Gasteiger partial charge in [0, 0.05) is 24.7 Å². The van der Waals surface area contributed by atoms with Crippen LogP contribution in [0.4, 0.5) is 0 Å². The predicted octanol–water partition coefficient (Wildman–Crippen LogP) is -0.0480. The number of imidazole rings is 1. The van der Waals surface area contributed by atoms with Crippen molar-refractivity contribution in [2.45, 2.75) is 13.5 Å². The number of thiocarbonyl (C=S) groups is 1. The van der Waals surface area contributed by atoms with E-state index in [9.17, 15) is 8.42 Å². The highest BCUT2D eigenvalue weighted by Gasteiger charge is 2.10. The lowest BCUT2D eigenvalue weighted by molar-refractivity contribution is 0.589. The number of rotatable bonds is 5. The Hall–Kier alpha value is -0.950. The summed E-state index contributed by atoms with van der Waals surface area (Å²) in [7, 11) is -2.97. The first-order valence-electron chi connectivity index (χ1n) is 4.47. The van der Waals surface area contributed by atoms with E-state index in [1.807, 2.05) is 0 Å². The minimum absolute atomic E-state index is 0.0788. The SMILES string of the molecule is CCS(=O)(=O)CCn1ccnc1C(N)=S. The van der Waals surface area contributed by atoms with Gasteiger partial charge in [-0.05, 0) is 0 Å². The van der Waals surface area contributed by atoms with Gasteiger partial charge in [0.2, 0.25) is 0 Å². The molecule has 15 heavy (non-hydrogen) atoms. The Morgan fingerprint density at radius 3 is 2.87 bits per heavy atom. The van der Waals surface area contributed by atoms with Crippen molar-refractivity contribution in [3.63, 3.8) is 0 Å². The molecule has 1 heterocycles. The molecule has 0 unspecified atom stereocenters. The molecular formula is C8H13N3O2S2. The molecule has 0 radical (unpaired) electrons. The second-order valence-electron chi connectivity index (χ2n) is 3.04. The van der Waals surface area contributed by atoms with Crippen LogP contribution >= 0.6 is 12.2 Å². The zero-order valence-electron chi connectivity index (χ0n) is 8.38. The summed E-state index contributed by atoms with van der Waals surface area (Å²) < 4.78 is 24.2. The predicted molar refractivity (Wildman–Crippen MR) is 62.4 cm³/mol. The molecule has 0 aromatic carbocycles. The van der Waals surface area contributed by atoms with E-state index >= 15 is 0 Å². The number of sulfone groups is 1. The lowest BCUT2D eigenvalue weighted by atomic mass is 10.5. The van der Waals surface area contributed by atoms with E-state index in [0.717, 1.165) is 0 Å². The van der Waals surface area contributed by atoms with Gasteiger partial charge in [-0.3, -0.25) is 0 Å². The van der Waals surface area contributed by atoms with Gasteiger partial charge in [-0.15, -0.1) is 0 Å². The molecule has 0 fully saturated rings. The number of aromatic nitrogens is 2. The molecule has 1 aromatic rings. The lowest BCUT2D eigenvalue weighted by Crippen LogP contribution is -2.20. The smallest absolute Gasteiger partial charge is 0.167 e. The van der Waals surface area contributed by atoms with Gasteiger partial charge in [0.15, 0.2) is 15.7 Å². The Labute approximate surface area is 94.2 Å². The van der Waals surface area contributed by atoms with Crippen LogP contribution in [0.1, 0.15) is 12.7 Å². The molecule has 0 amide bonds. The van der Waals surface area contributed by atoms with Crippen molar-refractivity contribution in [1.29, 1.82) is 0 Å². The number of nitrogens with two attached hydrogens (primary N) is 1. The largest absolute Gasteiger partial charge is 0.387 e. The molecule has 1 aromatic heterocycles. The molecule has 0 atom stereocenters. The van der Waals surface area contributed by atoms with E-state index in [1.54, 1.807) is 23.9 Å². The van der Waals surface area contributed by atoms with Crippen LogP contribution in [-0.2, 0) is 16.4 Å². The lowest BCUT2D eigenvalue weighted by Gasteiger charge is -2.06. The van der Waals surface area contributed by atoms with Crippen LogP contribution in [0.15, 0.2) is 12.4 Å². The van der Waals surface area contributed by atoms with E-state index in [0.29, 0.717) is 12.4 Å². The molecule has 0 saturated carbocycles. The Balaban J connectivity index is 2.74. The van der Waals surface area contributed by atoms with Gasteiger partial charge in [0.25, 0.3) is 0 Å². The second kappa shape index (κ2) is 4.71. The van der Waals surface area contributed by atoms with Crippen molar-refractivity contribution in [1.82, 2.24) is 9.55 Å². The summed E-state index contributed by atoms with van der Waals surface area (Å²) in [4.78, 5) is 4.12. The number of aryl methyl sites for hydroxylation is 1. The van der Waals surface area contributed by atoms with E-state index in [1.165, 1.54) is 0 Å². The maximum atomic E-state index is 11.3. The molecule has 84 valence electrons. The zero-order chi connectivity index (χ0) is 11.5. The van der Waals surface area contributed by atoms with Crippen molar-refractivity contribution < 1.29 is 8.42 Å². The normalized spacial score (nSPS) is 11.5. The first kappa shape index (κ1) is 12.1. The van der Waals surface area contributed by atoms with Gasteiger partial charge in [-0.2, -0.15) is 0 Å². The van der Waals surface area contributed by atoms with Crippen LogP contribution < -0.4 is 5.73 Å². The van der Waals surface area contributed by atoms with E-state index < -0.39 is 9.84 Å². The summed E-state index contributed by atoms with van der Waals surface area (Å²) in [5.41, 5.74) is 5.43. The topological polar surface area (TPSA) is 78.0 Å². The highest BCUT2D eigenvalue weighted by Crippen LogP contribution is 1.99. The highest BCUT2D eigenvalue weighted by molar-refractivity contribution is 7.91. The van der Waals surface area contributed by atoms with Crippen molar-refractivity contribution in [2.75, 3.05) is 11.5 Å². The zero-order valence-corrected chi connectivity index (χ0v) is 10.0. The molecular weight excluding hydrogens is 234 g/mol. The summed E-state index contributed by atoms with van der Waals surface area (Å²) in [5.74, 6) is 0.677. The minimum atomic E-state index is -2.97. The van der Waals surface area contributed by atoms with Crippen LogP contribution in [0.3, 0.4) is 0 Å². The van der Waals surface area contributed by atoms with Crippen LogP contribution in [0.5, 0.6) is 0 Å². The number of hydrogen-bond donors (Lipinski definition) is 1. The first-order valence-corrected chi connectivity index (χ1v) is 6.70. The van der Waals surface area contributed by atoms with Gasteiger partial charge in [0.1, 0.15) is 4.99 Å². The Kier molecular flexibility index (Phi) is 3.81. The third-order valence-corrected chi connectivity index (χ3v) is 3.89. The molecule has 0 spiro atoms. The van der Waals surface area contributed by atoms with Gasteiger partial charge in [0.05, 0.1) is 5.75 Å². The summed E-state index contributed by atoms with van der Waals surface area (Å²) in [6.45, 7) is 1.96. The summed E-state index contributed by atoms with van der Waals surface area (Å²) >= 11 is 4.78. The molecule has 2 N–H and O–H groups in total. The quantitative estimate of drug-likeness (QED) is 0.738. The monoisotopic (exact) mass is 247 g/mol. The van der Waals surface area contributed by atoms with Crippen molar-refractivity contribution in [2.24, 2.45) is 5.73 Å². The average molecular weight is 247 g/mol. The fourth-order valence-electron chi connectivity index (χ4n) is 1.10. The molecule has 1 rings (SSSR count). The molecule has 5 nitrogen and oxygen atoms in total. The van der Waals surface area contributed by atoms with Gasteiger partial charge in [-0.1, -0.05) is 19.1 Å². The fourth-order valence-corrected chi connectivity index (χ4v) is 2.03. The first-order chi connectivity index (χ1) is 6.96. The van der Waals surface area contributed by atoms with Gasteiger partial charge < -0.3 is 10.3 Å². The third kappa shape index (κ3) is 3.28. The van der Waals surface area contributed by atoms with Crippen LogP contribution in [0.25, 0.3) is 0 Å². The van der Waals surface area contributed by atoms with E-state index in [-0.39, 0.29) is 16.5 Å². The van der Waals surface area contributed by atoms with Gasteiger partial charge >= 0.3 is 0 Å². The minimum Gasteiger partial charge on any atom is -0.387 e. The Bertz CT molecular complexity index is 450. The molecule has 0 saturated heterocycles. The van der Waals surface area contributed by atoms with Crippen molar-refractivity contribution in [3.05, 3.63) is 18.2 Å². The third-order valence-electron chi connectivity index (χ3n) is 2.02. The molecule has 0 aliphatic carbocycles. The number of nitrogens with zero attached hydrogens (tertiary/aromatic N) is 2. The van der Waals surface area contributed by atoms with Crippen LogP contribution in [0.2, 0.25) is 0 Å². The van der Waals surface area contributed by atoms with Crippen LogP contribution in [0, 0.1) is 0 Å². The highest BCUT2D eigenvalue weighted by atomic mass is 32.2. The average Bonchev–Trinajstić information content (AvgIpc) is 2.63. The van der Waals surface area contributed by atoms with E-state index in [4.69, 9.17) is 18.0 Å². The maximum Gasteiger partial charge on any atom is 0.167 e. The van der Waals surface area contributed by atoms with Gasteiger partial charge in [-0.25, -0.2) is 13.4 Å². The Morgan fingerprint density at radius 1 is 1.67 bits per heavy atom. The standard InChI is InChI=1S/C8H13N3O2S2/c1-2-15(12,13)6-5-11-4-3-10-8(11)7(9)14/h3-4H,2,5-6H2,1H3,(H2,9,14). The molecule has 0 bridgehead atoms. The summed E-state index contributed by atoms with van der Waals surface area (Å²) in [6.07, 6.45) is 3.22. The summed E-state index contributed by atoms with van der Waals surface area (Å²) in [6, 6.07) is 0. The number of hydrogen-bond acceptors (Lipinski definition) is 4. The second-order valence-corrected chi connectivity index (χ2v) is 5.96. The summed E-state index contributed by atoms with van der Waals surface area (Å²) in [5, 5.41) is 0.